The third-order valence-electron chi connectivity index (χ3n) is 4.47. The predicted molar refractivity (Wildman–Crippen MR) is 89.4 cm³/mol. The summed E-state index contributed by atoms with van der Waals surface area (Å²) in [4.78, 5) is 30.6. The number of aryl methyl sites for hydroxylation is 1. The number of amides is 3. The Morgan fingerprint density at radius 1 is 1.16 bits per heavy atom. The third-order valence-corrected chi connectivity index (χ3v) is 4.47. The van der Waals surface area contributed by atoms with Crippen LogP contribution in [0.3, 0.4) is 0 Å². The summed E-state index contributed by atoms with van der Waals surface area (Å²) in [7, 11) is 0. The van der Waals surface area contributed by atoms with Gasteiger partial charge in [-0.2, -0.15) is 4.98 Å². The first-order chi connectivity index (χ1) is 12.0. The highest BCUT2D eigenvalue weighted by Crippen LogP contribution is 2.34. The number of hydrogen-bond acceptors (Lipinski definition) is 5. The topological polar surface area (TPSA) is 88.3 Å². The molecule has 126 valence electrons. The smallest absolute Gasteiger partial charge is 0.325 e. The van der Waals surface area contributed by atoms with Gasteiger partial charge in [-0.15, -0.1) is 0 Å². The molecule has 1 aliphatic heterocycles. The van der Waals surface area contributed by atoms with Crippen molar-refractivity contribution in [3.63, 3.8) is 0 Å². The second-order valence-corrected chi connectivity index (χ2v) is 6.21. The van der Waals surface area contributed by atoms with E-state index < -0.39 is 11.6 Å². The van der Waals surface area contributed by atoms with E-state index in [0.29, 0.717) is 5.82 Å². The number of nitrogens with zero attached hydrogens (tertiary/aromatic N) is 3. The Morgan fingerprint density at radius 3 is 2.68 bits per heavy atom. The van der Waals surface area contributed by atoms with Crippen LogP contribution in [0.4, 0.5) is 4.79 Å². The SMILES string of the molecule is Cc1noc(CN2C(=O)N[C@@](C)(c3cccc4ccccc34)C2=O)n1. The van der Waals surface area contributed by atoms with Crippen LogP contribution in [0.5, 0.6) is 0 Å². The summed E-state index contributed by atoms with van der Waals surface area (Å²) in [5.41, 5.74) is -0.388. The molecule has 7 heteroatoms. The number of benzene rings is 2. The minimum atomic E-state index is -1.15. The molecule has 0 aliphatic carbocycles. The molecule has 0 spiro atoms. The fourth-order valence-electron chi connectivity index (χ4n) is 3.22. The number of fused-ring (bicyclic) bond motifs is 1. The van der Waals surface area contributed by atoms with Gasteiger partial charge in [0.15, 0.2) is 5.82 Å². The zero-order valence-electron chi connectivity index (χ0n) is 13.8. The molecule has 4 rings (SSSR count). The van der Waals surface area contributed by atoms with E-state index in [1.165, 1.54) is 0 Å². The van der Waals surface area contributed by atoms with Crippen molar-refractivity contribution in [1.82, 2.24) is 20.4 Å². The van der Waals surface area contributed by atoms with Crippen LogP contribution in [0.1, 0.15) is 24.2 Å². The van der Waals surface area contributed by atoms with Crippen molar-refractivity contribution in [2.24, 2.45) is 0 Å². The van der Waals surface area contributed by atoms with Gasteiger partial charge in [0.1, 0.15) is 12.1 Å². The number of aromatic nitrogens is 2. The van der Waals surface area contributed by atoms with E-state index in [4.69, 9.17) is 4.52 Å². The lowest BCUT2D eigenvalue weighted by Gasteiger charge is -2.23. The molecule has 3 aromatic rings. The first-order valence-corrected chi connectivity index (χ1v) is 7.90. The highest BCUT2D eigenvalue weighted by Gasteiger charge is 2.50. The fraction of sp³-hybridized carbons (Fsp3) is 0.222. The first kappa shape index (κ1) is 15.3. The molecule has 0 bridgehead atoms. The zero-order chi connectivity index (χ0) is 17.6. The molecule has 3 amide bonds. The van der Waals surface area contributed by atoms with Gasteiger partial charge < -0.3 is 9.84 Å². The van der Waals surface area contributed by atoms with Crippen molar-refractivity contribution < 1.29 is 14.1 Å². The average Bonchev–Trinajstić information content (AvgIpc) is 3.11. The molecule has 0 radical (unpaired) electrons. The molecule has 7 nitrogen and oxygen atoms in total. The van der Waals surface area contributed by atoms with Gasteiger partial charge in [0.2, 0.25) is 5.89 Å². The predicted octanol–water partition coefficient (Wildman–Crippen LogP) is 2.50. The van der Waals surface area contributed by atoms with Crippen LogP contribution >= 0.6 is 0 Å². The lowest BCUT2D eigenvalue weighted by Crippen LogP contribution is -2.41. The molecule has 1 aliphatic rings. The summed E-state index contributed by atoms with van der Waals surface area (Å²) in [5, 5.41) is 8.44. The van der Waals surface area contributed by atoms with Gasteiger partial charge in [0.05, 0.1) is 0 Å². The summed E-state index contributed by atoms with van der Waals surface area (Å²) < 4.78 is 5.03. The lowest BCUT2D eigenvalue weighted by molar-refractivity contribution is -0.131. The molecule has 2 heterocycles. The van der Waals surface area contributed by atoms with Crippen LogP contribution in [-0.2, 0) is 16.9 Å². The Kier molecular flexibility index (Phi) is 3.31. The maximum Gasteiger partial charge on any atom is 0.325 e. The maximum atomic E-state index is 13.0. The molecule has 1 fully saturated rings. The summed E-state index contributed by atoms with van der Waals surface area (Å²) in [5.74, 6) is 0.340. The van der Waals surface area contributed by atoms with E-state index in [-0.39, 0.29) is 18.3 Å². The van der Waals surface area contributed by atoms with Crippen LogP contribution in [0.15, 0.2) is 47.0 Å². The Balaban J connectivity index is 1.74. The fourth-order valence-corrected chi connectivity index (χ4v) is 3.22. The van der Waals surface area contributed by atoms with Gasteiger partial charge in [-0.3, -0.25) is 9.69 Å². The van der Waals surface area contributed by atoms with Crippen molar-refractivity contribution >= 4 is 22.7 Å². The molecule has 0 saturated carbocycles. The number of rotatable bonds is 3. The Bertz CT molecular complexity index is 991. The van der Waals surface area contributed by atoms with Crippen molar-refractivity contribution in [3.05, 3.63) is 59.7 Å². The number of nitrogens with one attached hydrogen (secondary N) is 1. The molecular weight excluding hydrogens is 320 g/mol. The van der Waals surface area contributed by atoms with Crippen LogP contribution in [-0.4, -0.2) is 27.0 Å². The second-order valence-electron chi connectivity index (χ2n) is 6.21. The van der Waals surface area contributed by atoms with E-state index in [9.17, 15) is 9.59 Å². The van der Waals surface area contributed by atoms with E-state index in [0.717, 1.165) is 21.2 Å². The van der Waals surface area contributed by atoms with Crippen molar-refractivity contribution in [2.75, 3.05) is 0 Å². The number of urea groups is 1. The molecule has 1 saturated heterocycles. The summed E-state index contributed by atoms with van der Waals surface area (Å²) >= 11 is 0. The minimum absolute atomic E-state index is 0.0497. The van der Waals surface area contributed by atoms with Crippen molar-refractivity contribution in [2.45, 2.75) is 25.9 Å². The zero-order valence-corrected chi connectivity index (χ0v) is 13.8. The van der Waals surface area contributed by atoms with Gasteiger partial charge in [-0.05, 0) is 30.2 Å². The van der Waals surface area contributed by atoms with E-state index >= 15 is 0 Å². The lowest BCUT2D eigenvalue weighted by atomic mass is 9.88. The van der Waals surface area contributed by atoms with E-state index in [1.807, 2.05) is 42.5 Å². The highest BCUT2D eigenvalue weighted by atomic mass is 16.5. The summed E-state index contributed by atoms with van der Waals surface area (Å²) in [6.07, 6.45) is 0. The van der Waals surface area contributed by atoms with Gasteiger partial charge in [-0.25, -0.2) is 4.79 Å². The standard InChI is InChI=1S/C18H16N4O3/c1-11-19-15(25-21-11)10-22-16(23)18(2,20-17(22)24)14-9-5-7-12-6-3-4-8-13(12)14/h3-9H,10H2,1-2H3,(H,20,24)/t18-/m0/s1. The Labute approximate surface area is 143 Å². The number of imide groups is 1. The van der Waals surface area contributed by atoms with Gasteiger partial charge >= 0.3 is 6.03 Å². The molecule has 1 N–H and O–H groups in total. The van der Waals surface area contributed by atoms with Crippen LogP contribution in [0, 0.1) is 6.92 Å². The van der Waals surface area contributed by atoms with Gasteiger partial charge in [-0.1, -0.05) is 47.6 Å². The monoisotopic (exact) mass is 336 g/mol. The molecule has 25 heavy (non-hydrogen) atoms. The minimum Gasteiger partial charge on any atom is -0.337 e. The first-order valence-electron chi connectivity index (χ1n) is 7.90. The van der Waals surface area contributed by atoms with Crippen LogP contribution in [0.25, 0.3) is 10.8 Å². The van der Waals surface area contributed by atoms with Gasteiger partial charge in [0, 0.05) is 0 Å². The van der Waals surface area contributed by atoms with Crippen LogP contribution in [0.2, 0.25) is 0 Å². The van der Waals surface area contributed by atoms with Crippen LogP contribution < -0.4 is 5.32 Å². The summed E-state index contributed by atoms with van der Waals surface area (Å²) in [6, 6.07) is 13.0. The Morgan fingerprint density at radius 2 is 1.92 bits per heavy atom. The third kappa shape index (κ3) is 2.36. The molecule has 1 atom stereocenters. The van der Waals surface area contributed by atoms with E-state index in [2.05, 4.69) is 15.5 Å². The molecular formula is C18H16N4O3. The largest absolute Gasteiger partial charge is 0.337 e. The number of carbonyl (C=O) groups excluding carboxylic acids is 2. The highest BCUT2D eigenvalue weighted by molar-refractivity contribution is 6.09. The normalized spacial score (nSPS) is 20.3. The maximum absolute atomic E-state index is 13.0. The quantitative estimate of drug-likeness (QED) is 0.742. The molecule has 1 aromatic heterocycles. The summed E-state index contributed by atoms with van der Waals surface area (Å²) in [6.45, 7) is 3.35. The average molecular weight is 336 g/mol. The van der Waals surface area contributed by atoms with Crippen molar-refractivity contribution in [1.29, 1.82) is 0 Å². The number of hydrogen-bond donors (Lipinski definition) is 1. The molecule has 2 aromatic carbocycles. The molecule has 0 unspecified atom stereocenters. The second kappa shape index (κ2) is 5.41. The van der Waals surface area contributed by atoms with Crippen molar-refractivity contribution in [3.8, 4) is 0 Å². The Hall–Kier alpha value is -3.22. The van der Waals surface area contributed by atoms with E-state index in [1.54, 1.807) is 13.8 Å². The van der Waals surface area contributed by atoms with Gasteiger partial charge in [0.25, 0.3) is 5.91 Å². The number of carbonyl (C=O) groups is 2.